The van der Waals surface area contributed by atoms with Crippen LogP contribution in [-0.2, 0) is 6.42 Å². The first-order chi connectivity index (χ1) is 14.5. The van der Waals surface area contributed by atoms with Crippen LogP contribution in [0.25, 0.3) is 0 Å². The molecule has 8 nitrogen and oxygen atoms in total. The lowest BCUT2D eigenvalue weighted by atomic mass is 9.73. The summed E-state index contributed by atoms with van der Waals surface area (Å²) in [7, 11) is 0. The standard InChI is InChI=1S/C19H21ClN8S2/c20-13-10(1-4-24-16(13)22)30-18-17(23)27-12(8-25-18)28-5-2-19(3-6-28)7-11-14(15(19)21)26-9-29-11/h1,4,8-9,15H,2-3,5-7,21H2,(H2,22,24)(H2,23,27). The number of nitrogens with zero attached hydrogens (tertiary/aromatic N) is 5. The molecule has 0 amide bonds. The van der Waals surface area contributed by atoms with Crippen molar-refractivity contribution in [2.24, 2.45) is 11.1 Å². The topological polar surface area (TPSA) is 133 Å². The quantitative estimate of drug-likeness (QED) is 0.538. The maximum absolute atomic E-state index is 6.58. The molecule has 0 bridgehead atoms. The highest BCUT2D eigenvalue weighted by atomic mass is 35.5. The first kappa shape index (κ1) is 19.8. The Morgan fingerprint density at radius 3 is 2.70 bits per heavy atom. The lowest BCUT2D eigenvalue weighted by molar-refractivity contribution is 0.186. The fourth-order valence-electron chi connectivity index (χ4n) is 4.29. The Labute approximate surface area is 187 Å². The Hall–Kier alpha value is -2.14. The van der Waals surface area contributed by atoms with Crippen molar-refractivity contribution >= 4 is 52.2 Å². The minimum atomic E-state index is 0.0216. The first-order valence-corrected chi connectivity index (χ1v) is 11.7. The van der Waals surface area contributed by atoms with Crippen molar-refractivity contribution < 1.29 is 0 Å². The van der Waals surface area contributed by atoms with Gasteiger partial charge in [-0.1, -0.05) is 23.4 Å². The van der Waals surface area contributed by atoms with E-state index < -0.39 is 0 Å². The van der Waals surface area contributed by atoms with E-state index >= 15 is 0 Å². The van der Waals surface area contributed by atoms with Crippen molar-refractivity contribution in [3.63, 3.8) is 0 Å². The number of piperidine rings is 1. The molecule has 3 aromatic heterocycles. The molecule has 3 aromatic rings. The molecule has 30 heavy (non-hydrogen) atoms. The Bertz CT molecular complexity index is 1100. The van der Waals surface area contributed by atoms with Crippen LogP contribution >= 0.6 is 34.7 Å². The summed E-state index contributed by atoms with van der Waals surface area (Å²) in [6.45, 7) is 1.74. The van der Waals surface area contributed by atoms with E-state index in [1.165, 1.54) is 16.6 Å². The van der Waals surface area contributed by atoms with Gasteiger partial charge in [-0.25, -0.2) is 19.9 Å². The van der Waals surface area contributed by atoms with Gasteiger partial charge in [-0.2, -0.15) is 0 Å². The van der Waals surface area contributed by atoms with E-state index in [1.54, 1.807) is 29.8 Å². The number of rotatable bonds is 3. The molecule has 156 valence electrons. The van der Waals surface area contributed by atoms with Crippen molar-refractivity contribution in [2.45, 2.75) is 35.2 Å². The summed E-state index contributed by atoms with van der Waals surface area (Å²) in [5.41, 5.74) is 21.7. The minimum Gasteiger partial charge on any atom is -0.382 e. The van der Waals surface area contributed by atoms with Gasteiger partial charge in [0.1, 0.15) is 16.7 Å². The molecule has 1 atom stereocenters. The summed E-state index contributed by atoms with van der Waals surface area (Å²) in [4.78, 5) is 21.9. The molecule has 1 fully saturated rings. The number of fused-ring (bicyclic) bond motifs is 1. The van der Waals surface area contributed by atoms with Gasteiger partial charge in [0, 0.05) is 29.1 Å². The van der Waals surface area contributed by atoms with Crippen LogP contribution in [0, 0.1) is 5.41 Å². The Kier molecular flexibility index (Phi) is 4.97. The molecular formula is C19H21ClN8S2. The molecule has 1 saturated heterocycles. The second-order valence-corrected chi connectivity index (χ2v) is 10.0. The van der Waals surface area contributed by atoms with Gasteiger partial charge in [0.25, 0.3) is 0 Å². The van der Waals surface area contributed by atoms with E-state index in [-0.39, 0.29) is 17.3 Å². The Morgan fingerprint density at radius 2 is 1.97 bits per heavy atom. The van der Waals surface area contributed by atoms with E-state index in [9.17, 15) is 0 Å². The van der Waals surface area contributed by atoms with Crippen LogP contribution in [0.3, 0.4) is 0 Å². The molecular weight excluding hydrogens is 440 g/mol. The second kappa shape index (κ2) is 7.52. The van der Waals surface area contributed by atoms with Gasteiger partial charge >= 0.3 is 0 Å². The van der Waals surface area contributed by atoms with Gasteiger partial charge in [-0.3, -0.25) is 0 Å². The van der Waals surface area contributed by atoms with E-state index in [4.69, 9.17) is 28.8 Å². The van der Waals surface area contributed by atoms with E-state index in [0.29, 0.717) is 15.9 Å². The van der Waals surface area contributed by atoms with Crippen molar-refractivity contribution in [2.75, 3.05) is 29.5 Å². The van der Waals surface area contributed by atoms with Gasteiger partial charge in [0.15, 0.2) is 5.82 Å². The number of hydrogen-bond acceptors (Lipinski definition) is 10. The van der Waals surface area contributed by atoms with Gasteiger partial charge in [0.2, 0.25) is 0 Å². The van der Waals surface area contributed by atoms with Crippen molar-refractivity contribution in [1.82, 2.24) is 19.9 Å². The Morgan fingerprint density at radius 1 is 1.17 bits per heavy atom. The highest BCUT2D eigenvalue weighted by Crippen LogP contribution is 2.51. The zero-order valence-corrected chi connectivity index (χ0v) is 18.5. The molecule has 1 spiro atoms. The summed E-state index contributed by atoms with van der Waals surface area (Å²) < 4.78 is 0. The molecule has 4 heterocycles. The largest absolute Gasteiger partial charge is 0.382 e. The van der Waals surface area contributed by atoms with Gasteiger partial charge in [-0.15, -0.1) is 11.3 Å². The highest BCUT2D eigenvalue weighted by Gasteiger charge is 2.47. The molecule has 1 aliphatic heterocycles. The van der Waals surface area contributed by atoms with Crippen molar-refractivity contribution in [3.8, 4) is 0 Å². The van der Waals surface area contributed by atoms with Gasteiger partial charge < -0.3 is 22.1 Å². The predicted molar refractivity (Wildman–Crippen MR) is 121 cm³/mol. The molecule has 0 radical (unpaired) electrons. The summed E-state index contributed by atoms with van der Waals surface area (Å²) in [6, 6.07) is 1.80. The molecule has 2 aliphatic rings. The van der Waals surface area contributed by atoms with E-state index in [1.807, 2.05) is 5.51 Å². The number of pyridine rings is 1. The third kappa shape index (κ3) is 3.27. The lowest BCUT2D eigenvalue weighted by Crippen LogP contribution is -2.44. The van der Waals surface area contributed by atoms with Gasteiger partial charge in [0.05, 0.1) is 28.5 Å². The number of hydrogen-bond donors (Lipinski definition) is 3. The van der Waals surface area contributed by atoms with Gasteiger partial charge in [-0.05, 0) is 30.7 Å². The number of halogens is 1. The fraction of sp³-hybridized carbons (Fsp3) is 0.368. The summed E-state index contributed by atoms with van der Waals surface area (Å²) in [5.74, 6) is 1.43. The van der Waals surface area contributed by atoms with Crippen LogP contribution in [-0.4, -0.2) is 33.0 Å². The number of nitrogen functional groups attached to an aromatic ring is 2. The molecule has 1 aliphatic carbocycles. The zero-order valence-electron chi connectivity index (χ0n) is 16.1. The third-order valence-electron chi connectivity index (χ3n) is 6.06. The number of aromatic nitrogens is 4. The van der Waals surface area contributed by atoms with Crippen LogP contribution < -0.4 is 22.1 Å². The lowest BCUT2D eigenvalue weighted by Gasteiger charge is -2.42. The SMILES string of the molecule is Nc1nc(N2CCC3(CC2)Cc2scnc2C3N)cnc1Sc1ccnc(N)c1Cl. The molecule has 0 saturated carbocycles. The van der Waals surface area contributed by atoms with Crippen LogP contribution in [0.2, 0.25) is 5.02 Å². The van der Waals surface area contributed by atoms with E-state index in [0.717, 1.165) is 48.8 Å². The van der Waals surface area contributed by atoms with Crippen LogP contribution in [0.5, 0.6) is 0 Å². The van der Waals surface area contributed by atoms with Crippen LogP contribution in [0.15, 0.2) is 33.9 Å². The van der Waals surface area contributed by atoms with E-state index in [2.05, 4.69) is 24.8 Å². The number of anilines is 3. The van der Waals surface area contributed by atoms with Crippen molar-refractivity contribution in [3.05, 3.63) is 39.6 Å². The van der Waals surface area contributed by atoms with Crippen molar-refractivity contribution in [1.29, 1.82) is 0 Å². The number of thiazole rings is 1. The second-order valence-electron chi connectivity index (χ2n) is 7.69. The third-order valence-corrected chi connectivity index (χ3v) is 8.49. The fourth-order valence-corrected chi connectivity index (χ4v) is 6.27. The molecule has 5 rings (SSSR count). The predicted octanol–water partition coefficient (Wildman–Crippen LogP) is 3.14. The maximum Gasteiger partial charge on any atom is 0.158 e. The molecule has 6 N–H and O–H groups in total. The maximum atomic E-state index is 6.58. The summed E-state index contributed by atoms with van der Waals surface area (Å²) in [5, 5.41) is 0.984. The smallest absolute Gasteiger partial charge is 0.158 e. The zero-order chi connectivity index (χ0) is 20.9. The van der Waals surface area contributed by atoms with Crippen LogP contribution in [0.4, 0.5) is 17.5 Å². The monoisotopic (exact) mass is 460 g/mol. The van der Waals surface area contributed by atoms with Crippen LogP contribution in [0.1, 0.15) is 29.5 Å². The summed E-state index contributed by atoms with van der Waals surface area (Å²) >= 11 is 9.27. The highest BCUT2D eigenvalue weighted by molar-refractivity contribution is 7.99. The minimum absolute atomic E-state index is 0.0216. The Balaban J connectivity index is 1.29. The normalized spacial score (nSPS) is 19.9. The molecule has 1 unspecified atom stereocenters. The first-order valence-electron chi connectivity index (χ1n) is 9.60. The number of nitrogens with two attached hydrogens (primary N) is 3. The summed E-state index contributed by atoms with van der Waals surface area (Å²) in [6.07, 6.45) is 6.40. The molecule has 11 heteroatoms. The average molecular weight is 461 g/mol. The average Bonchev–Trinajstić information content (AvgIpc) is 3.29. The molecule has 0 aromatic carbocycles.